The highest BCUT2D eigenvalue weighted by atomic mass is 32.1. The number of hydrogen-bond acceptors (Lipinski definition) is 5. The summed E-state index contributed by atoms with van der Waals surface area (Å²) in [5, 5.41) is 10.2. The van der Waals surface area contributed by atoms with Gasteiger partial charge in [0.05, 0.1) is 5.69 Å². The van der Waals surface area contributed by atoms with Gasteiger partial charge in [-0.05, 0) is 58.5 Å². The molecule has 2 aliphatic rings. The lowest BCUT2D eigenvalue weighted by Crippen LogP contribution is -2.42. The number of carbonyl (C=O) groups is 1. The second kappa shape index (κ2) is 7.28. The Bertz CT molecular complexity index is 535. The smallest absolute Gasteiger partial charge is 0.282 e. The van der Waals surface area contributed by atoms with Gasteiger partial charge in [-0.1, -0.05) is 0 Å². The van der Waals surface area contributed by atoms with Crippen LogP contribution in [0.1, 0.15) is 46.1 Å². The van der Waals surface area contributed by atoms with Crippen LogP contribution in [0.3, 0.4) is 0 Å². The third-order valence-corrected chi connectivity index (χ3v) is 6.27. The number of thiazole rings is 1. The van der Waals surface area contributed by atoms with Crippen molar-refractivity contribution >= 4 is 17.2 Å². The molecule has 2 atom stereocenters. The van der Waals surface area contributed by atoms with Gasteiger partial charge in [0.1, 0.15) is 0 Å². The van der Waals surface area contributed by atoms with Crippen molar-refractivity contribution in [2.75, 3.05) is 33.8 Å². The number of nitrogens with zero attached hydrogens (tertiary/aromatic N) is 3. The molecule has 1 amide bonds. The van der Waals surface area contributed by atoms with Crippen molar-refractivity contribution in [2.45, 2.75) is 44.6 Å². The highest BCUT2D eigenvalue weighted by molar-refractivity contribution is 7.13. The molecule has 0 unspecified atom stereocenters. The molecule has 0 bridgehead atoms. The van der Waals surface area contributed by atoms with E-state index in [9.17, 15) is 9.90 Å². The zero-order chi connectivity index (χ0) is 16.4. The lowest BCUT2D eigenvalue weighted by atomic mass is 10.0. The van der Waals surface area contributed by atoms with Crippen LogP contribution < -0.4 is 0 Å². The fourth-order valence-corrected chi connectivity index (χ4v) is 4.68. The Morgan fingerprint density at radius 1 is 1.30 bits per heavy atom. The van der Waals surface area contributed by atoms with Gasteiger partial charge in [-0.25, -0.2) is 4.98 Å². The molecule has 3 rings (SSSR count). The van der Waals surface area contributed by atoms with Gasteiger partial charge in [-0.2, -0.15) is 0 Å². The van der Waals surface area contributed by atoms with Gasteiger partial charge in [0.2, 0.25) is 0 Å². The highest BCUT2D eigenvalue weighted by Crippen LogP contribution is 2.28. The molecule has 1 aromatic heterocycles. The summed E-state index contributed by atoms with van der Waals surface area (Å²) < 4.78 is 0. The number of aliphatic hydroxyl groups is 1. The number of likely N-dealkylation sites (N-methyl/N-ethyl adjacent to an activating group) is 1. The van der Waals surface area contributed by atoms with Crippen molar-refractivity contribution in [3.63, 3.8) is 0 Å². The maximum absolute atomic E-state index is 13.0. The lowest BCUT2D eigenvalue weighted by Gasteiger charge is -2.28. The highest BCUT2D eigenvalue weighted by Gasteiger charge is 2.30. The van der Waals surface area contributed by atoms with E-state index in [1.54, 1.807) is 11.3 Å². The van der Waals surface area contributed by atoms with Crippen molar-refractivity contribution in [1.29, 1.82) is 0 Å². The molecule has 128 valence electrons. The van der Waals surface area contributed by atoms with E-state index in [1.807, 2.05) is 4.90 Å². The molecule has 0 spiro atoms. The van der Waals surface area contributed by atoms with Gasteiger partial charge in [0.15, 0.2) is 5.01 Å². The molecule has 1 aliphatic heterocycles. The lowest BCUT2D eigenvalue weighted by molar-refractivity contribution is 0.0688. The fraction of sp³-hybridized carbons (Fsp3) is 0.765. The first kappa shape index (κ1) is 16.9. The van der Waals surface area contributed by atoms with E-state index in [2.05, 4.69) is 24.0 Å². The summed E-state index contributed by atoms with van der Waals surface area (Å²) in [5.74, 6) is 0.232. The first-order valence-electron chi connectivity index (χ1n) is 8.63. The Morgan fingerprint density at radius 2 is 2.09 bits per heavy atom. The normalized spacial score (nSPS) is 25.3. The summed E-state index contributed by atoms with van der Waals surface area (Å²) in [4.78, 5) is 23.0. The van der Waals surface area contributed by atoms with E-state index < -0.39 is 0 Å². The Hall–Kier alpha value is -0.980. The average Bonchev–Trinajstić information content (AvgIpc) is 2.86. The predicted molar refractivity (Wildman–Crippen MR) is 91.9 cm³/mol. The standard InChI is InChI=1S/C17H27N3O2S/c1-19(2)13-8-7-12(11-21)9-20(10-13)17(22)16-18-14-5-3-4-6-15(14)23-16/h12-13,21H,3-11H2,1-2H3/t12-,13+/m0/s1. The molecule has 0 saturated carbocycles. The zero-order valence-electron chi connectivity index (χ0n) is 14.1. The van der Waals surface area contributed by atoms with Crippen LogP contribution in [0.5, 0.6) is 0 Å². The molecule has 0 aromatic carbocycles. The van der Waals surface area contributed by atoms with Crippen LogP contribution in [0, 0.1) is 5.92 Å². The largest absolute Gasteiger partial charge is 0.396 e. The topological polar surface area (TPSA) is 56.7 Å². The summed E-state index contributed by atoms with van der Waals surface area (Å²) in [6.45, 7) is 1.52. The van der Waals surface area contributed by atoms with Gasteiger partial charge in [0, 0.05) is 30.6 Å². The van der Waals surface area contributed by atoms with Gasteiger partial charge in [-0.15, -0.1) is 11.3 Å². The van der Waals surface area contributed by atoms with Gasteiger partial charge >= 0.3 is 0 Å². The molecule has 23 heavy (non-hydrogen) atoms. The quantitative estimate of drug-likeness (QED) is 0.914. The van der Waals surface area contributed by atoms with E-state index in [0.29, 0.717) is 17.6 Å². The van der Waals surface area contributed by atoms with Crippen LogP contribution in [0.4, 0.5) is 0 Å². The first-order valence-corrected chi connectivity index (χ1v) is 9.45. The molecule has 1 saturated heterocycles. The maximum atomic E-state index is 13.0. The third kappa shape index (κ3) is 3.75. The number of aromatic nitrogens is 1. The number of hydrogen-bond donors (Lipinski definition) is 1. The molecule has 5 nitrogen and oxygen atoms in total. The minimum atomic E-state index is 0.0524. The molecule has 1 fully saturated rings. The second-order valence-electron chi connectivity index (χ2n) is 7.05. The maximum Gasteiger partial charge on any atom is 0.282 e. The van der Waals surface area contributed by atoms with Gasteiger partial charge < -0.3 is 14.9 Å². The number of rotatable bonds is 3. The van der Waals surface area contributed by atoms with Crippen LogP contribution in [-0.2, 0) is 12.8 Å². The van der Waals surface area contributed by atoms with E-state index in [-0.39, 0.29) is 18.4 Å². The third-order valence-electron chi connectivity index (χ3n) is 5.12. The number of aryl methyl sites for hydroxylation is 2. The van der Waals surface area contributed by atoms with Crippen molar-refractivity contribution < 1.29 is 9.90 Å². The van der Waals surface area contributed by atoms with E-state index in [1.165, 1.54) is 17.7 Å². The average molecular weight is 337 g/mol. The molecule has 1 aromatic rings. The number of likely N-dealkylation sites (tertiary alicyclic amines) is 1. The number of amides is 1. The number of fused-ring (bicyclic) bond motifs is 1. The van der Waals surface area contributed by atoms with E-state index >= 15 is 0 Å². The SMILES string of the molecule is CN(C)[C@@H]1CC[C@H](CO)CN(C(=O)c2nc3c(s2)CCCC3)C1. The van der Waals surface area contributed by atoms with Crippen LogP contribution >= 0.6 is 11.3 Å². The predicted octanol–water partition coefficient (Wildman–Crippen LogP) is 1.80. The first-order chi connectivity index (χ1) is 11.1. The Morgan fingerprint density at radius 3 is 2.78 bits per heavy atom. The van der Waals surface area contributed by atoms with Crippen LogP contribution in [0.15, 0.2) is 0 Å². The molecule has 0 radical (unpaired) electrons. The van der Waals surface area contributed by atoms with Crippen LogP contribution in [-0.4, -0.2) is 65.6 Å². The summed E-state index contributed by atoms with van der Waals surface area (Å²) in [6.07, 6.45) is 6.47. The van der Waals surface area contributed by atoms with Crippen molar-refractivity contribution in [2.24, 2.45) is 5.92 Å². The minimum Gasteiger partial charge on any atom is -0.396 e. The van der Waals surface area contributed by atoms with Crippen LogP contribution in [0.2, 0.25) is 0 Å². The molecule has 1 aliphatic carbocycles. The molecular formula is C17H27N3O2S. The Labute approximate surface area is 142 Å². The number of carbonyl (C=O) groups excluding carboxylic acids is 1. The van der Waals surface area contributed by atoms with Crippen molar-refractivity contribution in [3.05, 3.63) is 15.6 Å². The summed E-state index contributed by atoms with van der Waals surface area (Å²) >= 11 is 1.58. The summed E-state index contributed by atoms with van der Waals surface area (Å²) in [6, 6.07) is 0.352. The Kier molecular flexibility index (Phi) is 5.34. The Balaban J connectivity index is 1.79. The van der Waals surface area contributed by atoms with Gasteiger partial charge in [0.25, 0.3) is 5.91 Å². The van der Waals surface area contributed by atoms with E-state index in [0.717, 1.165) is 37.9 Å². The summed E-state index contributed by atoms with van der Waals surface area (Å²) in [5.41, 5.74) is 1.14. The molecule has 6 heteroatoms. The van der Waals surface area contributed by atoms with E-state index in [4.69, 9.17) is 0 Å². The molecule has 1 N–H and O–H groups in total. The molecular weight excluding hydrogens is 310 g/mol. The van der Waals surface area contributed by atoms with Crippen molar-refractivity contribution in [3.8, 4) is 0 Å². The second-order valence-corrected chi connectivity index (χ2v) is 8.13. The van der Waals surface area contributed by atoms with Crippen LogP contribution in [0.25, 0.3) is 0 Å². The monoisotopic (exact) mass is 337 g/mol. The fourth-order valence-electron chi connectivity index (χ4n) is 3.57. The summed E-state index contributed by atoms with van der Waals surface area (Å²) in [7, 11) is 4.13. The van der Waals surface area contributed by atoms with Gasteiger partial charge in [-0.3, -0.25) is 4.79 Å². The molecule has 2 heterocycles. The zero-order valence-corrected chi connectivity index (χ0v) is 14.9. The minimum absolute atomic E-state index is 0.0524. The van der Waals surface area contributed by atoms with Crippen molar-refractivity contribution in [1.82, 2.24) is 14.8 Å². The number of aliphatic hydroxyl groups excluding tert-OH is 1.